The molecule has 0 saturated carbocycles. The molecule has 0 spiro atoms. The smallest absolute Gasteiger partial charge is 0.169 e. The molecule has 0 N–H and O–H groups in total. The van der Waals surface area contributed by atoms with Gasteiger partial charge < -0.3 is 0 Å². The quantitative estimate of drug-likeness (QED) is 0.425. The Bertz CT molecular complexity index is 312. The van der Waals surface area contributed by atoms with Gasteiger partial charge in [-0.2, -0.15) is 6.07 Å². The molecule has 0 saturated heterocycles. The standard InChI is InChI=1S/C6H3N2O4.V/c9-7(10)5-2-1-3-6(4-5)8(11)12;/h1-3H;/q-1;. The number of rotatable bonds is 2. The van der Waals surface area contributed by atoms with E-state index >= 15 is 0 Å². The van der Waals surface area contributed by atoms with E-state index < -0.39 is 21.2 Å². The number of hydrogen-bond acceptors (Lipinski definition) is 4. The molecule has 1 aromatic rings. The fourth-order valence-electron chi connectivity index (χ4n) is 0.658. The molecule has 0 aliphatic heterocycles. The Morgan fingerprint density at radius 1 is 1.08 bits per heavy atom. The Kier molecular flexibility index (Phi) is 4.09. The van der Waals surface area contributed by atoms with Crippen molar-refractivity contribution in [2.75, 3.05) is 0 Å². The van der Waals surface area contributed by atoms with E-state index in [2.05, 4.69) is 0 Å². The van der Waals surface area contributed by atoms with Gasteiger partial charge in [0.25, 0.3) is 0 Å². The summed E-state index contributed by atoms with van der Waals surface area (Å²) in [6.07, 6.45) is 0. The molecule has 67 valence electrons. The topological polar surface area (TPSA) is 86.3 Å². The zero-order valence-electron chi connectivity index (χ0n) is 6.21. The van der Waals surface area contributed by atoms with Crippen LogP contribution in [-0.2, 0) is 18.6 Å². The first kappa shape index (κ1) is 11.6. The second kappa shape index (κ2) is 4.59. The number of hydrogen-bond donors (Lipinski definition) is 0. The Balaban J connectivity index is 0.00000144. The third kappa shape index (κ3) is 2.85. The van der Waals surface area contributed by atoms with E-state index in [1.54, 1.807) is 0 Å². The molecule has 6 nitrogen and oxygen atoms in total. The van der Waals surface area contributed by atoms with E-state index in [9.17, 15) is 20.2 Å². The normalized spacial score (nSPS) is 8.62. The van der Waals surface area contributed by atoms with Gasteiger partial charge >= 0.3 is 0 Å². The van der Waals surface area contributed by atoms with Crippen LogP contribution in [0.25, 0.3) is 0 Å². The minimum absolute atomic E-state index is 0. The molecule has 1 rings (SSSR count). The van der Waals surface area contributed by atoms with Crippen molar-refractivity contribution in [3.05, 3.63) is 44.5 Å². The zero-order chi connectivity index (χ0) is 9.14. The van der Waals surface area contributed by atoms with E-state index in [1.807, 2.05) is 6.07 Å². The van der Waals surface area contributed by atoms with Crippen molar-refractivity contribution in [3.63, 3.8) is 0 Å². The van der Waals surface area contributed by atoms with Crippen molar-refractivity contribution in [1.29, 1.82) is 0 Å². The molecule has 0 amide bonds. The molecule has 1 radical (unpaired) electrons. The number of nitrogens with zero attached hydrogens (tertiary/aromatic N) is 2. The van der Waals surface area contributed by atoms with Gasteiger partial charge in [0.1, 0.15) is 0 Å². The summed E-state index contributed by atoms with van der Waals surface area (Å²) >= 11 is 0. The van der Waals surface area contributed by atoms with Gasteiger partial charge in [-0.05, 0) is 6.07 Å². The number of nitro groups is 2. The molecule has 0 unspecified atom stereocenters. The van der Waals surface area contributed by atoms with Crippen LogP contribution in [-0.4, -0.2) is 9.85 Å². The summed E-state index contributed by atoms with van der Waals surface area (Å²) in [5, 5.41) is 20.3. The van der Waals surface area contributed by atoms with Crippen LogP contribution in [0.5, 0.6) is 0 Å². The molecule has 0 atom stereocenters. The van der Waals surface area contributed by atoms with Crippen molar-refractivity contribution in [3.8, 4) is 0 Å². The molecule has 0 aliphatic carbocycles. The minimum Gasteiger partial charge on any atom is -0.260 e. The predicted octanol–water partition coefficient (Wildman–Crippen LogP) is 1.30. The van der Waals surface area contributed by atoms with Crippen LogP contribution in [0.3, 0.4) is 0 Å². The number of non-ortho nitro benzene ring substituents is 2. The summed E-state index contributed by atoms with van der Waals surface area (Å²) in [6, 6.07) is 5.58. The second-order valence-corrected chi connectivity index (χ2v) is 1.94. The van der Waals surface area contributed by atoms with Gasteiger partial charge in [-0.25, -0.2) is 0 Å². The van der Waals surface area contributed by atoms with Gasteiger partial charge in [0.2, 0.25) is 0 Å². The minimum atomic E-state index is -0.729. The van der Waals surface area contributed by atoms with Gasteiger partial charge in [0.05, 0.1) is 0 Å². The van der Waals surface area contributed by atoms with Crippen molar-refractivity contribution in [2.24, 2.45) is 0 Å². The summed E-state index contributed by atoms with van der Waals surface area (Å²) in [6.45, 7) is 0. The van der Waals surface area contributed by atoms with E-state index in [0.717, 1.165) is 12.1 Å². The maximum atomic E-state index is 10.1. The maximum absolute atomic E-state index is 10.1. The van der Waals surface area contributed by atoms with Crippen molar-refractivity contribution in [1.82, 2.24) is 0 Å². The molecule has 7 heteroatoms. The summed E-state index contributed by atoms with van der Waals surface area (Å²) in [7, 11) is 0. The van der Waals surface area contributed by atoms with Crippen molar-refractivity contribution in [2.45, 2.75) is 0 Å². The van der Waals surface area contributed by atoms with E-state index in [-0.39, 0.29) is 18.6 Å². The predicted molar refractivity (Wildman–Crippen MR) is 38.6 cm³/mol. The van der Waals surface area contributed by atoms with Crippen LogP contribution >= 0.6 is 0 Å². The molecule has 13 heavy (non-hydrogen) atoms. The van der Waals surface area contributed by atoms with Gasteiger partial charge in [-0.1, -0.05) is 12.1 Å². The van der Waals surface area contributed by atoms with Crippen LogP contribution in [0.2, 0.25) is 0 Å². The van der Waals surface area contributed by atoms with Crippen LogP contribution in [0.15, 0.2) is 18.2 Å². The van der Waals surface area contributed by atoms with Crippen molar-refractivity contribution < 1.29 is 28.4 Å². The molecule has 1 aromatic carbocycles. The third-order valence-electron chi connectivity index (χ3n) is 1.16. The van der Waals surface area contributed by atoms with Gasteiger partial charge in [0, 0.05) is 28.4 Å². The summed E-state index contributed by atoms with van der Waals surface area (Å²) < 4.78 is 0. The average molecular weight is 218 g/mol. The Morgan fingerprint density at radius 2 is 1.46 bits per heavy atom. The Morgan fingerprint density at radius 3 is 1.77 bits per heavy atom. The summed E-state index contributed by atoms with van der Waals surface area (Å²) in [5.74, 6) is 0. The average Bonchev–Trinajstić information content (AvgIpc) is 2.04. The Labute approximate surface area is 84.7 Å². The molecule has 0 bridgehead atoms. The van der Waals surface area contributed by atoms with Crippen molar-refractivity contribution >= 4 is 11.4 Å². The van der Waals surface area contributed by atoms with Crippen LogP contribution in [0, 0.1) is 26.3 Å². The fourth-order valence-corrected chi connectivity index (χ4v) is 0.658. The Hall–Kier alpha value is -1.40. The second-order valence-electron chi connectivity index (χ2n) is 1.94. The molecule has 0 aliphatic rings. The van der Waals surface area contributed by atoms with E-state index in [1.165, 1.54) is 6.07 Å². The molecule has 0 heterocycles. The molecular weight excluding hydrogens is 215 g/mol. The zero-order valence-corrected chi connectivity index (χ0v) is 7.60. The van der Waals surface area contributed by atoms with Crippen LogP contribution in [0.4, 0.5) is 11.4 Å². The van der Waals surface area contributed by atoms with Gasteiger partial charge in [-0.15, -0.1) is 0 Å². The largest absolute Gasteiger partial charge is 0.260 e. The van der Waals surface area contributed by atoms with Crippen LogP contribution in [0.1, 0.15) is 0 Å². The first-order chi connectivity index (χ1) is 5.61. The molecule has 0 aromatic heterocycles. The third-order valence-corrected chi connectivity index (χ3v) is 1.16. The maximum Gasteiger partial charge on any atom is 0.169 e. The fraction of sp³-hybridized carbons (Fsp3) is 0. The molecular formula is C6H3N2O4V-. The van der Waals surface area contributed by atoms with Crippen LogP contribution < -0.4 is 0 Å². The first-order valence-corrected chi connectivity index (χ1v) is 2.92. The SMILES string of the molecule is O=[N+]([O-])c1[c-]c([N+](=O)[O-])ccc1.[V]. The number of benzene rings is 1. The van der Waals surface area contributed by atoms with Gasteiger partial charge in [-0.3, -0.25) is 20.2 Å². The van der Waals surface area contributed by atoms with E-state index in [4.69, 9.17) is 0 Å². The molecule has 0 fully saturated rings. The number of nitro benzene ring substituents is 2. The monoisotopic (exact) mass is 218 g/mol. The van der Waals surface area contributed by atoms with Gasteiger partial charge in [0.15, 0.2) is 11.4 Å². The summed E-state index contributed by atoms with van der Waals surface area (Å²) in [4.78, 5) is 18.8. The summed E-state index contributed by atoms with van der Waals surface area (Å²) in [5.41, 5.74) is -0.798. The van der Waals surface area contributed by atoms with E-state index in [0.29, 0.717) is 0 Å². The first-order valence-electron chi connectivity index (χ1n) is 2.92.